The maximum atomic E-state index is 11.7. The van der Waals surface area contributed by atoms with Gasteiger partial charge in [0, 0.05) is 20.5 Å². The van der Waals surface area contributed by atoms with Crippen LogP contribution in [0.1, 0.15) is 28.4 Å². The highest BCUT2D eigenvalue weighted by atomic mass is 79.9. The van der Waals surface area contributed by atoms with Gasteiger partial charge in [-0.05, 0) is 42.8 Å². The molecule has 1 atom stereocenters. The van der Waals surface area contributed by atoms with Crippen molar-refractivity contribution in [3.63, 3.8) is 0 Å². The molecule has 0 aliphatic heterocycles. The first-order chi connectivity index (χ1) is 7.07. The summed E-state index contributed by atoms with van der Waals surface area (Å²) in [6, 6.07) is 2.01. The smallest absolute Gasteiger partial charge is 0.154 e. The molecule has 6 heteroatoms. The van der Waals surface area contributed by atoms with Gasteiger partial charge in [0.15, 0.2) is 9.84 Å². The number of hydrogen-bond donors (Lipinski definition) is 0. The predicted octanol–water partition coefficient (Wildman–Crippen LogP) is 4.08. The normalized spacial score (nSPS) is 15.1. The van der Waals surface area contributed by atoms with Crippen LogP contribution in [0.15, 0.2) is 10.5 Å². The van der Waals surface area contributed by atoms with E-state index >= 15 is 0 Å². The van der Waals surface area contributed by atoms with E-state index in [1.54, 1.807) is 25.2 Å². The van der Waals surface area contributed by atoms with Crippen molar-refractivity contribution in [2.24, 2.45) is 0 Å². The fourth-order valence-corrected chi connectivity index (χ4v) is 5.64. The van der Waals surface area contributed by atoms with Crippen LogP contribution in [0, 0.1) is 6.92 Å². The second kappa shape index (κ2) is 4.71. The van der Waals surface area contributed by atoms with Gasteiger partial charge in [0.2, 0.25) is 0 Å². The predicted molar refractivity (Wildman–Crippen MR) is 77.3 cm³/mol. The molecule has 0 N–H and O–H groups in total. The third-order valence-corrected chi connectivity index (χ3v) is 9.02. The zero-order chi connectivity index (χ0) is 12.7. The van der Waals surface area contributed by atoms with E-state index in [-0.39, 0.29) is 4.83 Å². The number of aryl methyl sites for hydroxylation is 1. The molecule has 0 aliphatic rings. The molecular weight excluding hydrogens is 376 g/mol. The summed E-state index contributed by atoms with van der Waals surface area (Å²) in [6.07, 6.45) is 1.27. The van der Waals surface area contributed by atoms with E-state index < -0.39 is 14.6 Å². The Labute approximate surface area is 118 Å². The van der Waals surface area contributed by atoms with Gasteiger partial charge in [-0.1, -0.05) is 15.9 Å². The minimum absolute atomic E-state index is 0.205. The van der Waals surface area contributed by atoms with Crippen LogP contribution in [-0.4, -0.2) is 19.4 Å². The monoisotopic (exact) mass is 388 g/mol. The Hall–Kier alpha value is 0.610. The van der Waals surface area contributed by atoms with E-state index in [0.717, 1.165) is 14.2 Å². The van der Waals surface area contributed by atoms with E-state index in [9.17, 15) is 8.42 Å². The summed E-state index contributed by atoms with van der Waals surface area (Å²) in [5, 5.41) is 0. The lowest BCUT2D eigenvalue weighted by Gasteiger charge is -2.28. The number of sulfone groups is 1. The van der Waals surface area contributed by atoms with Crippen molar-refractivity contribution in [1.82, 2.24) is 0 Å². The molecule has 1 unspecified atom stereocenters. The first kappa shape index (κ1) is 14.7. The maximum Gasteiger partial charge on any atom is 0.154 e. The lowest BCUT2D eigenvalue weighted by molar-refractivity contribution is 0.550. The van der Waals surface area contributed by atoms with E-state index in [1.807, 2.05) is 13.0 Å². The average Bonchev–Trinajstić information content (AvgIpc) is 2.41. The highest BCUT2D eigenvalue weighted by Gasteiger charge is 2.40. The van der Waals surface area contributed by atoms with Gasteiger partial charge in [0.05, 0.1) is 9.57 Å². The van der Waals surface area contributed by atoms with E-state index in [0.29, 0.717) is 0 Å². The number of thiophene rings is 1. The molecule has 0 radical (unpaired) electrons. The first-order valence-electron chi connectivity index (χ1n) is 4.67. The van der Waals surface area contributed by atoms with Crippen LogP contribution in [-0.2, 0) is 9.84 Å². The van der Waals surface area contributed by atoms with Crippen LogP contribution >= 0.6 is 43.2 Å². The van der Waals surface area contributed by atoms with E-state index in [1.165, 1.54) is 6.26 Å². The summed E-state index contributed by atoms with van der Waals surface area (Å²) < 4.78 is 23.6. The summed E-state index contributed by atoms with van der Waals surface area (Å²) in [7, 11) is -3.12. The molecule has 0 aliphatic carbocycles. The Morgan fingerprint density at radius 3 is 2.25 bits per heavy atom. The van der Waals surface area contributed by atoms with E-state index in [2.05, 4.69) is 31.9 Å². The van der Waals surface area contributed by atoms with Crippen LogP contribution in [0.2, 0.25) is 0 Å². The highest BCUT2D eigenvalue weighted by Crippen LogP contribution is 2.45. The van der Waals surface area contributed by atoms with Crippen LogP contribution in [0.5, 0.6) is 0 Å². The zero-order valence-corrected chi connectivity index (χ0v) is 14.3. The van der Waals surface area contributed by atoms with Gasteiger partial charge < -0.3 is 0 Å². The number of halogens is 2. The maximum absolute atomic E-state index is 11.7. The third kappa shape index (κ3) is 2.71. The Morgan fingerprint density at radius 1 is 1.44 bits per heavy atom. The van der Waals surface area contributed by atoms with Crippen LogP contribution in [0.4, 0.5) is 0 Å². The summed E-state index contributed by atoms with van der Waals surface area (Å²) >= 11 is 8.58. The molecule has 0 aromatic carbocycles. The third-order valence-electron chi connectivity index (χ3n) is 2.63. The fraction of sp³-hybridized carbons (Fsp3) is 0.600. The van der Waals surface area contributed by atoms with Gasteiger partial charge >= 0.3 is 0 Å². The average molecular weight is 390 g/mol. The van der Waals surface area contributed by atoms with Gasteiger partial charge in [-0.15, -0.1) is 11.3 Å². The zero-order valence-electron chi connectivity index (χ0n) is 9.54. The van der Waals surface area contributed by atoms with E-state index in [4.69, 9.17) is 0 Å². The van der Waals surface area contributed by atoms with Crippen molar-refractivity contribution in [2.75, 3.05) is 6.26 Å². The topological polar surface area (TPSA) is 34.1 Å². The van der Waals surface area contributed by atoms with Gasteiger partial charge in [-0.2, -0.15) is 0 Å². The van der Waals surface area contributed by atoms with Gasteiger partial charge in [-0.25, -0.2) is 8.42 Å². The molecule has 2 nitrogen and oxygen atoms in total. The Morgan fingerprint density at radius 2 is 1.94 bits per heavy atom. The van der Waals surface area contributed by atoms with Crippen LogP contribution in [0.3, 0.4) is 0 Å². The largest absolute Gasteiger partial charge is 0.229 e. The van der Waals surface area contributed by atoms with Gasteiger partial charge in [-0.3, -0.25) is 0 Å². The molecule has 1 aromatic heterocycles. The highest BCUT2D eigenvalue weighted by molar-refractivity contribution is 9.11. The molecule has 0 fully saturated rings. The van der Waals surface area contributed by atoms with Crippen LogP contribution in [0.25, 0.3) is 0 Å². The van der Waals surface area contributed by atoms with Crippen molar-refractivity contribution in [3.05, 3.63) is 20.3 Å². The van der Waals surface area contributed by atoms with Crippen molar-refractivity contribution in [1.29, 1.82) is 0 Å². The standard InChI is InChI=1S/C10H14Br2O2S2/c1-6-5-7(11)8(15-6)9(12)10(2,3)16(4,13)14/h5,9H,1-4H3. The minimum atomic E-state index is -3.12. The fourth-order valence-electron chi connectivity index (χ4n) is 1.18. The Kier molecular flexibility index (Phi) is 4.31. The Bertz CT molecular complexity index is 489. The molecule has 16 heavy (non-hydrogen) atoms. The van der Waals surface area contributed by atoms with Gasteiger partial charge in [0.1, 0.15) is 0 Å². The molecule has 1 rings (SSSR count). The van der Waals surface area contributed by atoms with Crippen molar-refractivity contribution < 1.29 is 8.42 Å². The molecule has 92 valence electrons. The first-order valence-corrected chi connectivity index (χ1v) is 9.08. The summed E-state index contributed by atoms with van der Waals surface area (Å²) in [6.45, 7) is 5.48. The SMILES string of the molecule is Cc1cc(Br)c(C(Br)C(C)(C)S(C)(=O)=O)s1. The number of hydrogen-bond acceptors (Lipinski definition) is 3. The second-order valence-electron chi connectivity index (χ2n) is 4.31. The molecule has 1 aromatic rings. The summed E-state index contributed by atoms with van der Waals surface area (Å²) in [5.41, 5.74) is 0. The molecule has 0 bridgehead atoms. The van der Waals surface area contributed by atoms with Crippen molar-refractivity contribution >= 4 is 53.0 Å². The molecule has 0 saturated heterocycles. The summed E-state index contributed by atoms with van der Waals surface area (Å²) in [4.78, 5) is 1.98. The molecule has 0 amide bonds. The molecule has 1 heterocycles. The van der Waals surface area contributed by atoms with Gasteiger partial charge in [0.25, 0.3) is 0 Å². The van der Waals surface area contributed by atoms with Crippen molar-refractivity contribution in [3.8, 4) is 0 Å². The molecule has 0 saturated carbocycles. The molecule has 0 spiro atoms. The molecular formula is C10H14Br2O2S2. The quantitative estimate of drug-likeness (QED) is 0.730. The number of alkyl halides is 1. The second-order valence-corrected chi connectivity index (χ2v) is 9.96. The number of rotatable bonds is 3. The summed E-state index contributed by atoms with van der Waals surface area (Å²) in [5.74, 6) is 0. The van der Waals surface area contributed by atoms with Crippen molar-refractivity contribution in [2.45, 2.75) is 30.3 Å². The lowest BCUT2D eigenvalue weighted by Crippen LogP contribution is -2.35. The minimum Gasteiger partial charge on any atom is -0.229 e. The Balaban J connectivity index is 3.22. The van der Waals surface area contributed by atoms with Crippen LogP contribution < -0.4 is 0 Å². The lowest BCUT2D eigenvalue weighted by atomic mass is 10.1.